The first-order valence-electron chi connectivity index (χ1n) is 10.1. The van der Waals surface area contributed by atoms with Crippen LogP contribution in [0.3, 0.4) is 0 Å². The fraction of sp³-hybridized carbons (Fsp3) is 0.700. The lowest BCUT2D eigenvalue weighted by Gasteiger charge is -2.42. The molecule has 2 aliphatic heterocycles. The van der Waals surface area contributed by atoms with Gasteiger partial charge in [0.05, 0.1) is 5.92 Å². The molecule has 0 aromatic carbocycles. The molecule has 2 aliphatic rings. The molecule has 6 nitrogen and oxygen atoms in total. The van der Waals surface area contributed by atoms with Crippen molar-refractivity contribution in [2.75, 3.05) is 39.3 Å². The monoisotopic (exact) mass is 359 g/mol. The molecule has 0 bridgehead atoms. The zero-order valence-corrected chi connectivity index (χ0v) is 15.8. The zero-order chi connectivity index (χ0) is 18.2. The van der Waals surface area contributed by atoms with Gasteiger partial charge in [0.25, 0.3) is 0 Å². The molecule has 0 spiro atoms. The van der Waals surface area contributed by atoms with E-state index in [0.717, 1.165) is 52.0 Å². The molecule has 0 radical (unpaired) electrons. The van der Waals surface area contributed by atoms with Gasteiger partial charge in [-0.1, -0.05) is 6.07 Å². The number of nitrogens with zero attached hydrogens (tertiary/aromatic N) is 3. The molecule has 1 atom stereocenters. The second-order valence-corrected chi connectivity index (χ2v) is 7.64. The molecule has 144 valence electrons. The van der Waals surface area contributed by atoms with Gasteiger partial charge in [-0.05, 0) is 69.9 Å². The Bertz CT molecular complexity index is 544. The molecule has 0 saturated carbocycles. The van der Waals surface area contributed by atoms with Crippen LogP contribution in [0.2, 0.25) is 0 Å². The Hall–Kier alpha value is -1.50. The first-order valence-corrected chi connectivity index (χ1v) is 10.1. The highest BCUT2D eigenvalue weighted by atomic mass is 16.1. The van der Waals surface area contributed by atoms with Gasteiger partial charge >= 0.3 is 0 Å². The summed E-state index contributed by atoms with van der Waals surface area (Å²) < 4.78 is 0. The van der Waals surface area contributed by atoms with Crippen LogP contribution in [0.1, 0.15) is 37.7 Å². The van der Waals surface area contributed by atoms with Crippen LogP contribution < -0.4 is 11.1 Å². The van der Waals surface area contributed by atoms with Crippen molar-refractivity contribution in [1.29, 1.82) is 0 Å². The highest BCUT2D eigenvalue weighted by Crippen LogP contribution is 2.24. The molecular weight excluding hydrogens is 326 g/mol. The molecule has 1 aromatic rings. The van der Waals surface area contributed by atoms with E-state index >= 15 is 0 Å². The van der Waals surface area contributed by atoms with Crippen molar-refractivity contribution in [2.24, 2.45) is 11.7 Å². The quantitative estimate of drug-likeness (QED) is 0.716. The van der Waals surface area contributed by atoms with Gasteiger partial charge in [-0.25, -0.2) is 0 Å². The Labute approximate surface area is 157 Å². The fourth-order valence-electron chi connectivity index (χ4n) is 4.20. The highest BCUT2D eigenvalue weighted by molar-refractivity contribution is 5.78. The number of nitrogens with two attached hydrogens (primary N) is 1. The maximum absolute atomic E-state index is 12.4. The molecule has 3 rings (SSSR count). The lowest BCUT2D eigenvalue weighted by atomic mass is 9.93. The second kappa shape index (κ2) is 10.00. The summed E-state index contributed by atoms with van der Waals surface area (Å²) in [6.45, 7) is 6.65. The lowest BCUT2D eigenvalue weighted by molar-refractivity contribution is -0.127. The molecule has 2 fully saturated rings. The van der Waals surface area contributed by atoms with Gasteiger partial charge in [0.2, 0.25) is 5.91 Å². The summed E-state index contributed by atoms with van der Waals surface area (Å²) in [4.78, 5) is 21.7. The molecule has 3 heterocycles. The SMILES string of the molecule is NCCCNC(=O)C1CCCN(C2CCN(Cc3cccnc3)CC2)C1. The van der Waals surface area contributed by atoms with E-state index in [4.69, 9.17) is 5.73 Å². The Morgan fingerprint density at radius 1 is 1.27 bits per heavy atom. The average molecular weight is 360 g/mol. The summed E-state index contributed by atoms with van der Waals surface area (Å²) in [5.41, 5.74) is 6.80. The van der Waals surface area contributed by atoms with Gasteiger partial charge in [-0.3, -0.25) is 19.6 Å². The van der Waals surface area contributed by atoms with Gasteiger partial charge in [-0.2, -0.15) is 0 Å². The van der Waals surface area contributed by atoms with Crippen LogP contribution in [-0.4, -0.2) is 66.0 Å². The highest BCUT2D eigenvalue weighted by Gasteiger charge is 2.31. The van der Waals surface area contributed by atoms with E-state index in [9.17, 15) is 4.79 Å². The van der Waals surface area contributed by atoms with E-state index in [2.05, 4.69) is 26.2 Å². The van der Waals surface area contributed by atoms with E-state index in [1.165, 1.54) is 18.4 Å². The molecular formula is C20H33N5O. The van der Waals surface area contributed by atoms with Gasteiger partial charge in [0, 0.05) is 38.1 Å². The van der Waals surface area contributed by atoms with Gasteiger partial charge in [0.15, 0.2) is 0 Å². The number of carbonyl (C=O) groups is 1. The van der Waals surface area contributed by atoms with Crippen molar-refractivity contribution >= 4 is 5.91 Å². The number of nitrogens with one attached hydrogen (secondary N) is 1. The second-order valence-electron chi connectivity index (χ2n) is 7.64. The Balaban J connectivity index is 1.43. The molecule has 1 amide bonds. The summed E-state index contributed by atoms with van der Waals surface area (Å²) in [5.74, 6) is 0.368. The van der Waals surface area contributed by atoms with Crippen LogP contribution in [0.4, 0.5) is 0 Å². The van der Waals surface area contributed by atoms with Gasteiger partial charge in [0.1, 0.15) is 0 Å². The summed E-state index contributed by atoms with van der Waals surface area (Å²) in [6, 6.07) is 4.78. The van der Waals surface area contributed by atoms with E-state index in [-0.39, 0.29) is 11.8 Å². The van der Waals surface area contributed by atoms with Crippen LogP contribution in [0.25, 0.3) is 0 Å². The minimum absolute atomic E-state index is 0.148. The predicted molar refractivity (Wildman–Crippen MR) is 104 cm³/mol. The summed E-state index contributed by atoms with van der Waals surface area (Å²) in [5, 5.41) is 3.05. The molecule has 6 heteroatoms. The van der Waals surface area contributed by atoms with Gasteiger partial charge in [-0.15, -0.1) is 0 Å². The third-order valence-electron chi connectivity index (χ3n) is 5.71. The van der Waals surface area contributed by atoms with E-state index < -0.39 is 0 Å². The Kier molecular flexibility index (Phi) is 7.41. The molecule has 0 aliphatic carbocycles. The third-order valence-corrected chi connectivity index (χ3v) is 5.71. The number of piperidine rings is 2. The number of likely N-dealkylation sites (tertiary alicyclic amines) is 2. The third kappa shape index (κ3) is 5.50. The standard InChI is InChI=1S/C20H33N5O/c21-8-3-10-23-20(26)18-5-2-11-25(16-18)19-6-12-24(13-7-19)15-17-4-1-9-22-14-17/h1,4,9,14,18-19H,2-3,5-8,10-13,15-16,21H2,(H,23,26). The first-order chi connectivity index (χ1) is 12.8. The summed E-state index contributed by atoms with van der Waals surface area (Å²) in [6.07, 6.45) is 9.19. The number of hydrogen-bond acceptors (Lipinski definition) is 5. The van der Waals surface area contributed by atoms with Crippen LogP contribution in [0.15, 0.2) is 24.5 Å². The fourth-order valence-corrected chi connectivity index (χ4v) is 4.20. The lowest BCUT2D eigenvalue weighted by Crippen LogP contribution is -2.50. The smallest absolute Gasteiger partial charge is 0.224 e. The largest absolute Gasteiger partial charge is 0.356 e. The normalized spacial score (nSPS) is 23.0. The number of carbonyl (C=O) groups excluding carboxylic acids is 1. The van der Waals surface area contributed by atoms with Crippen LogP contribution in [0, 0.1) is 5.92 Å². The molecule has 3 N–H and O–H groups in total. The van der Waals surface area contributed by atoms with E-state index in [1.807, 2.05) is 18.5 Å². The van der Waals surface area contributed by atoms with Crippen LogP contribution in [0.5, 0.6) is 0 Å². The van der Waals surface area contributed by atoms with E-state index in [1.54, 1.807) is 0 Å². The number of rotatable bonds is 7. The Morgan fingerprint density at radius 2 is 2.12 bits per heavy atom. The number of pyridine rings is 1. The number of aromatic nitrogens is 1. The van der Waals surface area contributed by atoms with Crippen LogP contribution in [-0.2, 0) is 11.3 Å². The maximum Gasteiger partial charge on any atom is 0.224 e. The van der Waals surface area contributed by atoms with Crippen molar-refractivity contribution in [3.63, 3.8) is 0 Å². The minimum atomic E-state index is 0.148. The number of hydrogen-bond donors (Lipinski definition) is 2. The average Bonchev–Trinajstić information content (AvgIpc) is 2.69. The summed E-state index contributed by atoms with van der Waals surface area (Å²) >= 11 is 0. The van der Waals surface area contributed by atoms with Gasteiger partial charge < -0.3 is 11.1 Å². The van der Waals surface area contributed by atoms with Crippen molar-refractivity contribution in [3.05, 3.63) is 30.1 Å². The molecule has 26 heavy (non-hydrogen) atoms. The van der Waals surface area contributed by atoms with Crippen molar-refractivity contribution in [3.8, 4) is 0 Å². The molecule has 1 unspecified atom stereocenters. The van der Waals surface area contributed by atoms with E-state index in [0.29, 0.717) is 19.1 Å². The molecule has 2 saturated heterocycles. The predicted octanol–water partition coefficient (Wildman–Crippen LogP) is 1.22. The maximum atomic E-state index is 12.4. The number of amides is 1. The minimum Gasteiger partial charge on any atom is -0.356 e. The first kappa shape index (κ1) is 19.3. The van der Waals surface area contributed by atoms with Crippen molar-refractivity contribution in [1.82, 2.24) is 20.1 Å². The molecule has 1 aromatic heterocycles. The summed E-state index contributed by atoms with van der Waals surface area (Å²) in [7, 11) is 0. The topological polar surface area (TPSA) is 74.5 Å². The Morgan fingerprint density at radius 3 is 2.85 bits per heavy atom. The van der Waals surface area contributed by atoms with Crippen LogP contribution >= 0.6 is 0 Å². The zero-order valence-electron chi connectivity index (χ0n) is 15.8. The van der Waals surface area contributed by atoms with Crippen molar-refractivity contribution in [2.45, 2.75) is 44.7 Å². The van der Waals surface area contributed by atoms with Crippen molar-refractivity contribution < 1.29 is 4.79 Å².